The Labute approximate surface area is 117 Å². The molecular formula is C11H11BrN4OS. The van der Waals surface area contributed by atoms with E-state index in [1.165, 1.54) is 11.3 Å². The Morgan fingerprint density at radius 3 is 2.89 bits per heavy atom. The monoisotopic (exact) mass is 326 g/mol. The molecular weight excluding hydrogens is 316 g/mol. The smallest absolute Gasteiger partial charge is 0.275 e. The van der Waals surface area contributed by atoms with E-state index in [2.05, 4.69) is 31.2 Å². The van der Waals surface area contributed by atoms with E-state index in [0.717, 1.165) is 5.01 Å². The Balaban J connectivity index is 2.09. The maximum atomic E-state index is 11.9. The van der Waals surface area contributed by atoms with Gasteiger partial charge in [0.2, 0.25) is 0 Å². The molecule has 2 heterocycles. The molecule has 2 aromatic heterocycles. The highest BCUT2D eigenvalue weighted by molar-refractivity contribution is 9.10. The first-order valence-corrected chi connectivity index (χ1v) is 6.87. The van der Waals surface area contributed by atoms with E-state index in [9.17, 15) is 4.79 Å². The second-order valence-corrected chi connectivity index (χ2v) is 5.39. The van der Waals surface area contributed by atoms with Gasteiger partial charge in [0.1, 0.15) is 15.3 Å². The molecule has 0 saturated carbocycles. The summed E-state index contributed by atoms with van der Waals surface area (Å²) in [6, 6.07) is 3.35. The van der Waals surface area contributed by atoms with Crippen LogP contribution in [-0.4, -0.2) is 15.9 Å². The number of halogens is 1. The van der Waals surface area contributed by atoms with Crippen LogP contribution < -0.4 is 11.1 Å². The molecule has 18 heavy (non-hydrogen) atoms. The van der Waals surface area contributed by atoms with Gasteiger partial charge in [0.25, 0.3) is 5.91 Å². The number of nitrogens with two attached hydrogens (primary N) is 1. The number of carbonyl (C=O) groups excluding carboxylic acids is 1. The van der Waals surface area contributed by atoms with E-state index in [4.69, 9.17) is 5.73 Å². The zero-order valence-electron chi connectivity index (χ0n) is 9.55. The molecule has 0 spiro atoms. The SMILES string of the molecule is CC(N)c1nc(C(=O)Nc2ccc(Br)nc2)cs1. The Morgan fingerprint density at radius 1 is 1.56 bits per heavy atom. The second kappa shape index (κ2) is 5.55. The molecule has 0 aromatic carbocycles. The van der Waals surface area contributed by atoms with Crippen molar-refractivity contribution in [2.24, 2.45) is 5.73 Å². The van der Waals surface area contributed by atoms with Gasteiger partial charge in [-0.25, -0.2) is 9.97 Å². The average molecular weight is 327 g/mol. The van der Waals surface area contributed by atoms with E-state index >= 15 is 0 Å². The lowest BCUT2D eigenvalue weighted by molar-refractivity contribution is 0.102. The maximum absolute atomic E-state index is 11.9. The molecule has 1 atom stereocenters. The summed E-state index contributed by atoms with van der Waals surface area (Å²) in [6.07, 6.45) is 1.57. The van der Waals surface area contributed by atoms with E-state index in [0.29, 0.717) is 16.0 Å². The van der Waals surface area contributed by atoms with Gasteiger partial charge >= 0.3 is 0 Å². The van der Waals surface area contributed by atoms with Crippen molar-refractivity contribution >= 4 is 38.9 Å². The summed E-state index contributed by atoms with van der Waals surface area (Å²) in [4.78, 5) is 20.1. The summed E-state index contributed by atoms with van der Waals surface area (Å²) in [5, 5.41) is 5.16. The molecule has 0 bridgehead atoms. The van der Waals surface area contributed by atoms with Gasteiger partial charge in [-0.2, -0.15) is 0 Å². The lowest BCUT2D eigenvalue weighted by Gasteiger charge is -2.02. The van der Waals surface area contributed by atoms with Gasteiger partial charge in [-0.15, -0.1) is 11.3 Å². The topological polar surface area (TPSA) is 80.9 Å². The molecule has 5 nitrogen and oxygen atoms in total. The zero-order valence-corrected chi connectivity index (χ0v) is 12.0. The van der Waals surface area contributed by atoms with Gasteiger partial charge in [0.05, 0.1) is 17.9 Å². The maximum Gasteiger partial charge on any atom is 0.275 e. The molecule has 7 heteroatoms. The van der Waals surface area contributed by atoms with E-state index in [1.54, 1.807) is 23.7 Å². The Bertz CT molecular complexity index is 552. The van der Waals surface area contributed by atoms with Crippen molar-refractivity contribution in [3.8, 4) is 0 Å². The van der Waals surface area contributed by atoms with Gasteiger partial charge in [-0.1, -0.05) is 0 Å². The Kier molecular flexibility index (Phi) is 4.05. The first kappa shape index (κ1) is 13.1. The lowest BCUT2D eigenvalue weighted by Crippen LogP contribution is -2.13. The number of carbonyl (C=O) groups is 1. The number of hydrogen-bond acceptors (Lipinski definition) is 5. The van der Waals surface area contributed by atoms with Gasteiger partial charge in [-0.05, 0) is 35.0 Å². The highest BCUT2D eigenvalue weighted by Gasteiger charge is 2.12. The number of amides is 1. The van der Waals surface area contributed by atoms with Gasteiger partial charge in [-0.3, -0.25) is 4.79 Å². The summed E-state index contributed by atoms with van der Waals surface area (Å²) in [6.45, 7) is 1.83. The predicted molar refractivity (Wildman–Crippen MR) is 74.6 cm³/mol. The molecule has 3 N–H and O–H groups in total. The van der Waals surface area contributed by atoms with E-state index in [-0.39, 0.29) is 11.9 Å². The van der Waals surface area contributed by atoms with Crippen molar-refractivity contribution in [1.82, 2.24) is 9.97 Å². The van der Waals surface area contributed by atoms with E-state index < -0.39 is 0 Å². The molecule has 1 unspecified atom stereocenters. The fourth-order valence-corrected chi connectivity index (χ4v) is 2.24. The van der Waals surface area contributed by atoms with Crippen molar-refractivity contribution in [2.45, 2.75) is 13.0 Å². The number of pyridine rings is 1. The molecule has 0 fully saturated rings. The number of nitrogens with zero attached hydrogens (tertiary/aromatic N) is 2. The van der Waals surface area contributed by atoms with Crippen LogP contribution in [0.4, 0.5) is 5.69 Å². The summed E-state index contributed by atoms with van der Waals surface area (Å²) in [7, 11) is 0. The third kappa shape index (κ3) is 3.12. The number of nitrogens with one attached hydrogen (secondary N) is 1. The van der Waals surface area contributed by atoms with Crippen molar-refractivity contribution in [1.29, 1.82) is 0 Å². The van der Waals surface area contributed by atoms with E-state index in [1.807, 2.05) is 6.92 Å². The minimum absolute atomic E-state index is 0.161. The molecule has 0 aliphatic carbocycles. The number of rotatable bonds is 3. The molecule has 0 aliphatic heterocycles. The quantitative estimate of drug-likeness (QED) is 0.849. The standard InChI is InChI=1S/C11H11BrN4OS/c1-6(13)11-16-8(5-18-11)10(17)15-7-2-3-9(12)14-4-7/h2-6H,13H2,1H3,(H,15,17). The first-order chi connectivity index (χ1) is 8.56. The van der Waals surface area contributed by atoms with Crippen molar-refractivity contribution in [2.75, 3.05) is 5.32 Å². The van der Waals surface area contributed by atoms with Crippen molar-refractivity contribution in [3.63, 3.8) is 0 Å². The average Bonchev–Trinajstić information content (AvgIpc) is 2.81. The predicted octanol–water partition coefficient (Wildman–Crippen LogP) is 2.57. The third-order valence-corrected chi connectivity index (χ3v) is 3.64. The van der Waals surface area contributed by atoms with Crippen LogP contribution in [0, 0.1) is 0 Å². The molecule has 0 radical (unpaired) electrons. The van der Waals surface area contributed by atoms with Gasteiger partial charge in [0, 0.05) is 5.38 Å². The summed E-state index contributed by atoms with van der Waals surface area (Å²) in [5.41, 5.74) is 6.69. The molecule has 0 saturated heterocycles. The summed E-state index contributed by atoms with van der Waals surface area (Å²) >= 11 is 4.61. The minimum Gasteiger partial charge on any atom is -0.322 e. The highest BCUT2D eigenvalue weighted by atomic mass is 79.9. The largest absolute Gasteiger partial charge is 0.322 e. The number of hydrogen-bond donors (Lipinski definition) is 2. The van der Waals surface area contributed by atoms with Gasteiger partial charge < -0.3 is 11.1 Å². The lowest BCUT2D eigenvalue weighted by atomic mass is 10.3. The highest BCUT2D eigenvalue weighted by Crippen LogP contribution is 2.17. The van der Waals surface area contributed by atoms with Crippen LogP contribution >= 0.6 is 27.3 Å². The fourth-order valence-electron chi connectivity index (χ4n) is 1.25. The zero-order chi connectivity index (χ0) is 13.1. The van der Waals surface area contributed by atoms with Crippen LogP contribution in [0.25, 0.3) is 0 Å². The molecule has 2 rings (SSSR count). The van der Waals surface area contributed by atoms with Crippen LogP contribution in [0.1, 0.15) is 28.5 Å². The molecule has 2 aromatic rings. The summed E-state index contributed by atoms with van der Waals surface area (Å²) < 4.78 is 0.716. The fraction of sp³-hybridized carbons (Fsp3) is 0.182. The molecule has 1 amide bonds. The van der Waals surface area contributed by atoms with Crippen LogP contribution in [0.3, 0.4) is 0 Å². The second-order valence-electron chi connectivity index (χ2n) is 3.68. The van der Waals surface area contributed by atoms with Crippen LogP contribution in [-0.2, 0) is 0 Å². The minimum atomic E-state index is -0.262. The van der Waals surface area contributed by atoms with Crippen molar-refractivity contribution < 1.29 is 4.79 Å². The summed E-state index contributed by atoms with van der Waals surface area (Å²) in [5.74, 6) is -0.262. The molecule has 94 valence electrons. The molecule has 0 aliphatic rings. The van der Waals surface area contributed by atoms with Crippen molar-refractivity contribution in [3.05, 3.63) is 39.0 Å². The number of aromatic nitrogens is 2. The number of thiazole rings is 1. The third-order valence-electron chi connectivity index (χ3n) is 2.13. The normalized spacial score (nSPS) is 12.2. The van der Waals surface area contributed by atoms with Gasteiger partial charge in [0.15, 0.2) is 0 Å². The van der Waals surface area contributed by atoms with Crippen LogP contribution in [0.2, 0.25) is 0 Å². The first-order valence-electron chi connectivity index (χ1n) is 5.20. The van der Waals surface area contributed by atoms with Crippen LogP contribution in [0.5, 0.6) is 0 Å². The van der Waals surface area contributed by atoms with Crippen LogP contribution in [0.15, 0.2) is 28.3 Å². The Hall–Kier alpha value is -1.31. The number of anilines is 1. The Morgan fingerprint density at radius 2 is 2.33 bits per heavy atom.